The zero-order chi connectivity index (χ0) is 23.5. The van der Waals surface area contributed by atoms with Crippen LogP contribution in [0.4, 0.5) is 4.39 Å². The Hall–Kier alpha value is -3.58. The molecule has 0 amide bonds. The van der Waals surface area contributed by atoms with Crippen molar-refractivity contribution in [2.75, 3.05) is 26.7 Å². The molecule has 5 rings (SSSR count). The first kappa shape index (κ1) is 22.2. The Labute approximate surface area is 199 Å². The van der Waals surface area contributed by atoms with Gasteiger partial charge in [0.2, 0.25) is 5.88 Å². The molecule has 0 bridgehead atoms. The zero-order valence-electron chi connectivity index (χ0n) is 19.5. The van der Waals surface area contributed by atoms with E-state index in [0.717, 1.165) is 55.1 Å². The average molecular weight is 458 g/mol. The maximum Gasteiger partial charge on any atom is 0.213 e. The third-order valence-electron chi connectivity index (χ3n) is 6.36. The largest absolute Gasteiger partial charge is 0.481 e. The zero-order valence-corrected chi connectivity index (χ0v) is 19.5. The van der Waals surface area contributed by atoms with Crippen LogP contribution in [0, 0.1) is 12.7 Å². The van der Waals surface area contributed by atoms with Crippen molar-refractivity contribution < 1.29 is 9.13 Å². The molecular weight excluding hydrogens is 429 g/mol. The summed E-state index contributed by atoms with van der Waals surface area (Å²) in [5.74, 6) is 1.88. The molecule has 1 aliphatic heterocycles. The molecule has 0 N–H and O–H groups in total. The third kappa shape index (κ3) is 4.70. The van der Waals surface area contributed by atoms with Crippen molar-refractivity contribution in [3.63, 3.8) is 0 Å². The van der Waals surface area contributed by atoms with E-state index in [2.05, 4.69) is 16.0 Å². The number of pyridine rings is 1. The number of nitrogens with zero attached hydrogens (tertiary/aromatic N) is 5. The molecule has 7 heteroatoms. The van der Waals surface area contributed by atoms with Crippen LogP contribution in [0.3, 0.4) is 0 Å². The minimum atomic E-state index is -0.222. The molecule has 6 nitrogen and oxygen atoms in total. The van der Waals surface area contributed by atoms with Gasteiger partial charge in [-0.2, -0.15) is 5.10 Å². The van der Waals surface area contributed by atoms with Crippen molar-refractivity contribution in [1.29, 1.82) is 0 Å². The van der Waals surface area contributed by atoms with Crippen LogP contribution < -0.4 is 4.74 Å². The molecule has 0 saturated heterocycles. The lowest BCUT2D eigenvalue weighted by molar-refractivity contribution is 0.271. The average Bonchev–Trinajstić information content (AvgIpc) is 3.19. The van der Waals surface area contributed by atoms with Crippen LogP contribution in [0.5, 0.6) is 5.88 Å². The lowest BCUT2D eigenvalue weighted by Crippen LogP contribution is -2.30. The number of hydrogen-bond donors (Lipinski definition) is 0. The number of rotatable bonds is 6. The number of fused-ring (bicyclic) bond motifs is 1. The summed E-state index contributed by atoms with van der Waals surface area (Å²) in [6.45, 7) is 5.24. The minimum Gasteiger partial charge on any atom is -0.481 e. The van der Waals surface area contributed by atoms with Crippen molar-refractivity contribution in [2.24, 2.45) is 0 Å². The quantitative estimate of drug-likeness (QED) is 0.425. The van der Waals surface area contributed by atoms with Crippen molar-refractivity contribution in [1.82, 2.24) is 24.6 Å². The molecule has 34 heavy (non-hydrogen) atoms. The summed E-state index contributed by atoms with van der Waals surface area (Å²) in [6.07, 6.45) is 1.87. The maximum atomic E-state index is 13.8. The predicted molar refractivity (Wildman–Crippen MR) is 130 cm³/mol. The van der Waals surface area contributed by atoms with E-state index in [1.54, 1.807) is 26.2 Å². The SMILES string of the molecule is COc1ccc2c(n1)CCN(CCn1nc(-c3ccc(F)c(C)c3)nc1-c1ccccc1)CC2. The number of hydrogen-bond acceptors (Lipinski definition) is 5. The molecule has 3 heterocycles. The highest BCUT2D eigenvalue weighted by molar-refractivity contribution is 5.62. The predicted octanol–water partition coefficient (Wildman–Crippen LogP) is 4.56. The second-order valence-electron chi connectivity index (χ2n) is 8.61. The van der Waals surface area contributed by atoms with Crippen LogP contribution in [0.25, 0.3) is 22.8 Å². The van der Waals surface area contributed by atoms with E-state index in [0.29, 0.717) is 23.8 Å². The number of aryl methyl sites for hydroxylation is 1. The molecule has 174 valence electrons. The van der Waals surface area contributed by atoms with Crippen LogP contribution >= 0.6 is 0 Å². The lowest BCUT2D eigenvalue weighted by atomic mass is 10.1. The normalized spacial score (nSPS) is 14.0. The molecule has 0 radical (unpaired) electrons. The molecule has 0 spiro atoms. The Morgan fingerprint density at radius 1 is 0.912 bits per heavy atom. The summed E-state index contributed by atoms with van der Waals surface area (Å²) in [5, 5.41) is 4.83. The fourth-order valence-electron chi connectivity index (χ4n) is 4.39. The van der Waals surface area contributed by atoms with E-state index < -0.39 is 0 Å². The Morgan fingerprint density at radius 3 is 2.53 bits per heavy atom. The second-order valence-corrected chi connectivity index (χ2v) is 8.61. The monoisotopic (exact) mass is 457 g/mol. The number of methoxy groups -OCH3 is 1. The van der Waals surface area contributed by atoms with Gasteiger partial charge in [-0.3, -0.25) is 0 Å². The van der Waals surface area contributed by atoms with Crippen LogP contribution in [0.2, 0.25) is 0 Å². The highest BCUT2D eigenvalue weighted by Crippen LogP contribution is 2.24. The first-order valence-corrected chi connectivity index (χ1v) is 11.6. The molecule has 2 aromatic heterocycles. The molecule has 0 aliphatic carbocycles. The van der Waals surface area contributed by atoms with Gasteiger partial charge in [0.1, 0.15) is 5.82 Å². The number of benzene rings is 2. The van der Waals surface area contributed by atoms with E-state index in [9.17, 15) is 4.39 Å². The topological polar surface area (TPSA) is 56.1 Å². The number of halogens is 1. The van der Waals surface area contributed by atoms with Gasteiger partial charge in [0, 0.05) is 48.9 Å². The van der Waals surface area contributed by atoms with E-state index >= 15 is 0 Å². The van der Waals surface area contributed by atoms with Crippen molar-refractivity contribution in [2.45, 2.75) is 26.3 Å². The van der Waals surface area contributed by atoms with Gasteiger partial charge >= 0.3 is 0 Å². The molecule has 0 saturated carbocycles. The minimum absolute atomic E-state index is 0.222. The number of ether oxygens (including phenoxy) is 1. The van der Waals surface area contributed by atoms with E-state index in [-0.39, 0.29) is 5.82 Å². The van der Waals surface area contributed by atoms with Gasteiger partial charge in [0.05, 0.1) is 13.7 Å². The molecule has 0 unspecified atom stereocenters. The first-order chi connectivity index (χ1) is 16.6. The maximum absolute atomic E-state index is 13.8. The molecule has 2 aromatic carbocycles. The summed E-state index contributed by atoms with van der Waals surface area (Å²) >= 11 is 0. The summed E-state index contributed by atoms with van der Waals surface area (Å²) in [5.41, 5.74) is 4.84. The first-order valence-electron chi connectivity index (χ1n) is 11.6. The van der Waals surface area contributed by atoms with Gasteiger partial charge in [0.25, 0.3) is 0 Å². The standard InChI is InChI=1S/C27H28FN5O/c1-19-18-22(8-10-23(19)28)26-30-27(21-6-4-3-5-7-21)33(31-26)17-16-32-14-12-20-9-11-25(34-2)29-24(20)13-15-32/h3-11,18H,12-17H2,1-2H3. The Balaban J connectivity index is 1.36. The molecule has 1 aliphatic rings. The summed E-state index contributed by atoms with van der Waals surface area (Å²) in [4.78, 5) is 11.9. The van der Waals surface area contributed by atoms with Gasteiger partial charge in [-0.15, -0.1) is 0 Å². The molecular formula is C27H28FN5O. The fourth-order valence-corrected chi connectivity index (χ4v) is 4.39. The summed E-state index contributed by atoms with van der Waals surface area (Å²) in [6, 6.07) is 19.2. The van der Waals surface area contributed by atoms with Crippen molar-refractivity contribution in [3.8, 4) is 28.7 Å². The summed E-state index contributed by atoms with van der Waals surface area (Å²) in [7, 11) is 1.65. The van der Waals surface area contributed by atoms with E-state index in [1.165, 1.54) is 11.6 Å². The van der Waals surface area contributed by atoms with Gasteiger partial charge in [-0.1, -0.05) is 36.4 Å². The fraction of sp³-hybridized carbons (Fsp3) is 0.296. The van der Waals surface area contributed by atoms with E-state index in [4.69, 9.17) is 14.8 Å². The number of aromatic nitrogens is 4. The van der Waals surface area contributed by atoms with Gasteiger partial charge in [0.15, 0.2) is 11.6 Å². The Bertz CT molecular complexity index is 1290. The van der Waals surface area contributed by atoms with Crippen LogP contribution in [0.15, 0.2) is 60.7 Å². The second kappa shape index (κ2) is 9.73. The molecule has 0 fully saturated rings. The summed E-state index contributed by atoms with van der Waals surface area (Å²) < 4.78 is 21.1. The van der Waals surface area contributed by atoms with E-state index in [1.807, 2.05) is 41.1 Å². The van der Waals surface area contributed by atoms with Gasteiger partial charge in [-0.25, -0.2) is 19.0 Å². The lowest BCUT2D eigenvalue weighted by Gasteiger charge is -2.19. The Kier molecular flexibility index (Phi) is 6.36. The Morgan fingerprint density at radius 2 is 1.74 bits per heavy atom. The molecule has 0 atom stereocenters. The van der Waals surface area contributed by atoms with Gasteiger partial charge in [-0.05, 0) is 42.7 Å². The van der Waals surface area contributed by atoms with Crippen LogP contribution in [0.1, 0.15) is 16.8 Å². The van der Waals surface area contributed by atoms with Crippen molar-refractivity contribution >= 4 is 0 Å². The van der Waals surface area contributed by atoms with Crippen LogP contribution in [-0.2, 0) is 19.4 Å². The highest BCUT2D eigenvalue weighted by Gasteiger charge is 2.18. The smallest absolute Gasteiger partial charge is 0.213 e. The van der Waals surface area contributed by atoms with Crippen LogP contribution in [-0.4, -0.2) is 51.4 Å². The molecule has 4 aromatic rings. The highest BCUT2D eigenvalue weighted by atomic mass is 19.1. The van der Waals surface area contributed by atoms with Crippen molar-refractivity contribution in [3.05, 3.63) is 83.3 Å². The van der Waals surface area contributed by atoms with Gasteiger partial charge < -0.3 is 9.64 Å². The third-order valence-corrected chi connectivity index (χ3v) is 6.36.